The average Bonchev–Trinajstić information content (AvgIpc) is 3.80. The fraction of sp³-hybridized carbons (Fsp3) is 0.0556. The van der Waals surface area contributed by atoms with Gasteiger partial charge in [0.15, 0.2) is 0 Å². The van der Waals surface area contributed by atoms with Crippen molar-refractivity contribution >= 4 is 58.3 Å². The Morgan fingerprint density at radius 3 is 1.27 bits per heavy atom. The van der Waals surface area contributed by atoms with Crippen molar-refractivity contribution in [3.8, 4) is 22.3 Å². The van der Waals surface area contributed by atoms with E-state index >= 15 is 0 Å². The standard InChI is InChI=1S/C34H22N4O4.2CH4.Zn/c39-33(40)21-5-1-19(2-6-21)31-27-13-9-23(35-27)17-25-11-15-29(37-25)32(20-3-7-22(8-4-20)34(41)42)30-16-12-26(38-30)18-24-10-14-28(31)36-24;;;/h1-18H,(H4,35,36,37,38,39,40,41,42);2*1H4;/q;;;+2/p-4. The molecule has 45 heavy (non-hydrogen) atoms. The number of fused-ring (bicyclic) bond motifs is 8. The van der Waals surface area contributed by atoms with Gasteiger partial charge in [-0.3, -0.25) is 0 Å². The van der Waals surface area contributed by atoms with Gasteiger partial charge in [-0.1, -0.05) is 99.8 Å². The second-order valence-corrected chi connectivity index (χ2v) is 9.79. The second kappa shape index (κ2) is 13.1. The van der Waals surface area contributed by atoms with Gasteiger partial charge < -0.3 is 29.8 Å². The summed E-state index contributed by atoms with van der Waals surface area (Å²) in [7, 11) is 0. The molecule has 218 valence electrons. The molecule has 0 spiro atoms. The molecule has 5 aromatic rings. The monoisotopic (exact) mass is 642 g/mol. The van der Waals surface area contributed by atoms with Gasteiger partial charge in [0.05, 0.1) is 34.7 Å². The van der Waals surface area contributed by atoms with Crippen molar-refractivity contribution in [2.45, 2.75) is 14.9 Å². The molecule has 8 bridgehead atoms. The summed E-state index contributed by atoms with van der Waals surface area (Å²) < 4.78 is 0. The van der Waals surface area contributed by atoms with Crippen molar-refractivity contribution in [2.75, 3.05) is 0 Å². The van der Waals surface area contributed by atoms with E-state index in [2.05, 4.69) is 0 Å². The number of hydrogen-bond donors (Lipinski definition) is 0. The number of rotatable bonds is 4. The Hall–Kier alpha value is -5.40. The van der Waals surface area contributed by atoms with Crippen molar-refractivity contribution in [3.63, 3.8) is 0 Å². The molecule has 0 saturated heterocycles. The van der Waals surface area contributed by atoms with Crippen LogP contribution in [-0.4, -0.2) is 21.9 Å². The quantitative estimate of drug-likeness (QED) is 0.238. The van der Waals surface area contributed by atoms with Gasteiger partial charge in [-0.15, -0.1) is 22.1 Å². The zero-order valence-electron chi connectivity index (χ0n) is 22.5. The molecule has 0 atom stereocenters. The second-order valence-electron chi connectivity index (χ2n) is 9.79. The van der Waals surface area contributed by atoms with Crippen LogP contribution in [0.3, 0.4) is 0 Å². The SMILES string of the molecule is C.C.O=C([O-])c1ccc(-c2c3nc(cc4ccc([n-]4)c(-c4ccc(C(=O)[O-])cc4)c4nc(cc5ccc2[n-]5)C=C4)C=C3)cc1.[Zn+2]. The van der Waals surface area contributed by atoms with E-state index in [-0.39, 0.29) is 45.5 Å². The molecular weight excluding hydrogens is 618 g/mol. The van der Waals surface area contributed by atoms with Gasteiger partial charge in [0.1, 0.15) is 0 Å². The zero-order chi connectivity index (χ0) is 28.8. The predicted molar refractivity (Wildman–Crippen MR) is 170 cm³/mol. The Kier molecular flexibility index (Phi) is 9.45. The third-order valence-electron chi connectivity index (χ3n) is 7.08. The molecule has 2 aliphatic rings. The van der Waals surface area contributed by atoms with E-state index in [9.17, 15) is 19.8 Å². The van der Waals surface area contributed by atoms with Gasteiger partial charge in [0.25, 0.3) is 0 Å². The molecule has 0 saturated carbocycles. The molecule has 0 fully saturated rings. The Balaban J connectivity index is 0.00000154. The number of aromatic nitrogens is 4. The maximum atomic E-state index is 11.3. The zero-order valence-corrected chi connectivity index (χ0v) is 25.5. The minimum Gasteiger partial charge on any atom is -0.657 e. The largest absolute Gasteiger partial charge is 2.00 e. The van der Waals surface area contributed by atoms with Gasteiger partial charge in [-0.05, 0) is 57.7 Å². The first kappa shape index (κ1) is 32.5. The summed E-state index contributed by atoms with van der Waals surface area (Å²) >= 11 is 0. The number of benzene rings is 2. The van der Waals surface area contributed by atoms with Crippen LogP contribution >= 0.6 is 0 Å². The number of carboxylic acid groups (broad SMARTS) is 2. The summed E-state index contributed by atoms with van der Waals surface area (Å²) in [5.41, 5.74) is 8.71. The van der Waals surface area contributed by atoms with Gasteiger partial charge >= 0.3 is 19.5 Å². The molecule has 8 nitrogen and oxygen atoms in total. The summed E-state index contributed by atoms with van der Waals surface area (Å²) in [6.07, 6.45) is 7.58. The van der Waals surface area contributed by atoms with Crippen LogP contribution < -0.4 is 20.2 Å². The summed E-state index contributed by atoms with van der Waals surface area (Å²) in [5, 5.41) is 22.6. The number of carbonyl (C=O) groups is 2. The van der Waals surface area contributed by atoms with E-state index in [1.165, 1.54) is 24.3 Å². The van der Waals surface area contributed by atoms with Crippen molar-refractivity contribution in [1.29, 1.82) is 0 Å². The van der Waals surface area contributed by atoms with E-state index in [4.69, 9.17) is 19.9 Å². The fourth-order valence-electron chi connectivity index (χ4n) is 5.09. The molecule has 0 radical (unpaired) electrons. The maximum Gasteiger partial charge on any atom is 2.00 e. The number of carbonyl (C=O) groups excluding carboxylic acids is 2. The van der Waals surface area contributed by atoms with E-state index in [1.54, 1.807) is 24.3 Å². The molecule has 0 amide bonds. The molecule has 2 aromatic carbocycles. The van der Waals surface area contributed by atoms with Gasteiger partial charge in [0.2, 0.25) is 0 Å². The first-order valence-corrected chi connectivity index (χ1v) is 13.0. The first-order chi connectivity index (χ1) is 20.4. The van der Waals surface area contributed by atoms with Crippen LogP contribution in [0, 0.1) is 0 Å². The molecule has 0 N–H and O–H groups in total. The van der Waals surface area contributed by atoms with Crippen LogP contribution in [0.2, 0.25) is 0 Å². The van der Waals surface area contributed by atoms with Crippen LogP contribution in [0.4, 0.5) is 0 Å². The molecule has 7 rings (SSSR count). The summed E-state index contributed by atoms with van der Waals surface area (Å²) in [6, 6.07) is 24.2. The molecule has 2 aliphatic heterocycles. The van der Waals surface area contributed by atoms with Crippen LogP contribution in [0.25, 0.3) is 68.6 Å². The summed E-state index contributed by atoms with van der Waals surface area (Å²) in [5.74, 6) is -2.48. The van der Waals surface area contributed by atoms with E-state index < -0.39 is 11.9 Å². The van der Waals surface area contributed by atoms with E-state index in [0.717, 1.165) is 22.3 Å². The first-order valence-electron chi connectivity index (χ1n) is 13.0. The van der Waals surface area contributed by atoms with Gasteiger partial charge in [0, 0.05) is 0 Å². The van der Waals surface area contributed by atoms with Crippen molar-refractivity contribution in [1.82, 2.24) is 19.9 Å². The van der Waals surface area contributed by atoms with E-state index in [0.29, 0.717) is 44.8 Å². The van der Waals surface area contributed by atoms with Crippen molar-refractivity contribution < 1.29 is 39.3 Å². The van der Waals surface area contributed by atoms with Gasteiger partial charge in [-0.25, -0.2) is 9.97 Å². The Bertz CT molecular complexity index is 1990. The predicted octanol–water partition coefficient (Wildman–Crippen LogP) is 5.24. The van der Waals surface area contributed by atoms with E-state index in [1.807, 2.05) is 60.7 Å². The third kappa shape index (κ3) is 6.30. The Morgan fingerprint density at radius 1 is 0.533 bits per heavy atom. The smallest absolute Gasteiger partial charge is 0.657 e. The number of nitrogens with zero attached hydrogens (tertiary/aromatic N) is 4. The summed E-state index contributed by atoms with van der Waals surface area (Å²) in [6.45, 7) is 0. The fourth-order valence-corrected chi connectivity index (χ4v) is 5.09. The van der Waals surface area contributed by atoms with Crippen molar-refractivity contribution in [3.05, 3.63) is 119 Å². The Labute approximate surface area is 272 Å². The van der Waals surface area contributed by atoms with Crippen LogP contribution in [0.15, 0.2) is 84.9 Å². The van der Waals surface area contributed by atoms with Crippen LogP contribution in [0.5, 0.6) is 0 Å². The third-order valence-corrected chi connectivity index (χ3v) is 7.08. The molecule has 3 aromatic heterocycles. The number of aromatic carboxylic acids is 2. The Morgan fingerprint density at radius 2 is 0.911 bits per heavy atom. The molecular formula is C36H26N4O4Zn-2. The number of carboxylic acids is 2. The summed E-state index contributed by atoms with van der Waals surface area (Å²) in [4.78, 5) is 42.0. The molecule has 0 aliphatic carbocycles. The normalized spacial score (nSPS) is 11.2. The molecule has 0 unspecified atom stereocenters. The molecule has 5 heterocycles. The van der Waals surface area contributed by atoms with Crippen molar-refractivity contribution in [2.24, 2.45) is 0 Å². The maximum absolute atomic E-state index is 11.3. The topological polar surface area (TPSA) is 134 Å². The minimum atomic E-state index is -1.24. The van der Waals surface area contributed by atoms with Gasteiger partial charge in [-0.2, -0.15) is 0 Å². The minimum absolute atomic E-state index is 0. The van der Waals surface area contributed by atoms with Crippen LogP contribution in [0.1, 0.15) is 58.3 Å². The van der Waals surface area contributed by atoms with Crippen LogP contribution in [-0.2, 0) is 19.5 Å². The number of hydrogen-bond acceptors (Lipinski definition) is 6. The molecule has 9 heteroatoms. The average molecular weight is 644 g/mol.